The third kappa shape index (κ3) is 2.79. The molecular formula is C15H20N4O2. The number of anilines is 2. The van der Waals surface area contributed by atoms with Crippen molar-refractivity contribution < 1.29 is 9.59 Å². The van der Waals surface area contributed by atoms with Gasteiger partial charge in [0.2, 0.25) is 11.8 Å². The molecule has 1 aromatic carbocycles. The van der Waals surface area contributed by atoms with Crippen LogP contribution in [0.5, 0.6) is 0 Å². The van der Waals surface area contributed by atoms with Gasteiger partial charge in [-0.05, 0) is 30.5 Å². The van der Waals surface area contributed by atoms with E-state index >= 15 is 0 Å². The minimum atomic E-state index is -0.0853. The smallest absolute Gasteiger partial charge is 0.242 e. The summed E-state index contributed by atoms with van der Waals surface area (Å²) in [6, 6.07) is 5.84. The molecule has 0 saturated carbocycles. The van der Waals surface area contributed by atoms with Crippen LogP contribution >= 0.6 is 0 Å². The van der Waals surface area contributed by atoms with E-state index in [0.29, 0.717) is 19.6 Å². The summed E-state index contributed by atoms with van der Waals surface area (Å²) in [6.45, 7) is 2.44. The van der Waals surface area contributed by atoms with Crippen molar-refractivity contribution in [3.05, 3.63) is 23.8 Å². The number of carbonyl (C=O) groups is 2. The third-order valence-electron chi connectivity index (χ3n) is 4.10. The fourth-order valence-electron chi connectivity index (χ4n) is 3.01. The molecule has 6 nitrogen and oxygen atoms in total. The highest BCUT2D eigenvalue weighted by molar-refractivity contribution is 5.88. The van der Waals surface area contributed by atoms with Gasteiger partial charge in [-0.1, -0.05) is 6.07 Å². The summed E-state index contributed by atoms with van der Waals surface area (Å²) in [5.74, 6) is -0.0852. The van der Waals surface area contributed by atoms with Crippen LogP contribution in [-0.2, 0) is 16.0 Å². The Morgan fingerprint density at radius 1 is 1.33 bits per heavy atom. The number of nitrogens with two attached hydrogens (primary N) is 1. The van der Waals surface area contributed by atoms with Crippen LogP contribution < -0.4 is 16.0 Å². The van der Waals surface area contributed by atoms with E-state index < -0.39 is 0 Å². The highest BCUT2D eigenvalue weighted by atomic mass is 16.2. The van der Waals surface area contributed by atoms with Gasteiger partial charge in [-0.2, -0.15) is 0 Å². The molecule has 2 heterocycles. The molecule has 6 heteroatoms. The molecule has 1 aromatic rings. The average Bonchev–Trinajstić information content (AvgIpc) is 2.48. The Morgan fingerprint density at radius 3 is 3.00 bits per heavy atom. The Bertz CT molecular complexity index is 573. The van der Waals surface area contributed by atoms with Crippen molar-refractivity contribution in [1.29, 1.82) is 0 Å². The van der Waals surface area contributed by atoms with Crippen LogP contribution in [0, 0.1) is 0 Å². The third-order valence-corrected chi connectivity index (χ3v) is 4.10. The molecule has 1 saturated heterocycles. The lowest BCUT2D eigenvalue weighted by Gasteiger charge is -2.34. The summed E-state index contributed by atoms with van der Waals surface area (Å²) in [5, 5.41) is 2.73. The first-order valence-electron chi connectivity index (χ1n) is 7.32. The minimum Gasteiger partial charge on any atom is -0.398 e. The molecule has 3 rings (SSSR count). The zero-order chi connectivity index (χ0) is 14.8. The first kappa shape index (κ1) is 13.7. The van der Waals surface area contributed by atoms with Gasteiger partial charge in [0.05, 0.1) is 13.1 Å². The summed E-state index contributed by atoms with van der Waals surface area (Å²) in [4.78, 5) is 27.5. The van der Waals surface area contributed by atoms with Crippen LogP contribution in [-0.4, -0.2) is 49.4 Å². The van der Waals surface area contributed by atoms with E-state index in [1.54, 1.807) is 4.90 Å². The van der Waals surface area contributed by atoms with Crippen LogP contribution in [0.25, 0.3) is 0 Å². The van der Waals surface area contributed by atoms with Gasteiger partial charge < -0.3 is 20.9 Å². The standard InChI is InChI=1S/C15H20N4O2/c16-12-4-1-5-13-11(12)3-2-7-18(13)10-15(21)19-8-6-17-14(20)9-19/h1,4-5H,2-3,6-10,16H2,(H,17,20). The maximum absolute atomic E-state index is 12.4. The lowest BCUT2D eigenvalue weighted by Crippen LogP contribution is -2.52. The second-order valence-corrected chi connectivity index (χ2v) is 5.54. The van der Waals surface area contributed by atoms with Crippen molar-refractivity contribution in [2.24, 2.45) is 0 Å². The molecule has 21 heavy (non-hydrogen) atoms. The molecular weight excluding hydrogens is 268 g/mol. The SMILES string of the molecule is Nc1cccc2c1CCCN2CC(=O)N1CCNC(=O)C1. The summed E-state index contributed by atoms with van der Waals surface area (Å²) in [5.41, 5.74) is 9.00. The Balaban J connectivity index is 1.73. The summed E-state index contributed by atoms with van der Waals surface area (Å²) >= 11 is 0. The molecule has 3 N–H and O–H groups in total. The molecule has 2 aliphatic rings. The van der Waals surface area contributed by atoms with Crippen LogP contribution in [0.15, 0.2) is 18.2 Å². The maximum atomic E-state index is 12.4. The topological polar surface area (TPSA) is 78.7 Å². The number of nitrogens with zero attached hydrogens (tertiary/aromatic N) is 2. The Hall–Kier alpha value is -2.24. The number of nitrogen functional groups attached to an aromatic ring is 1. The van der Waals surface area contributed by atoms with Crippen LogP contribution in [0.4, 0.5) is 11.4 Å². The van der Waals surface area contributed by atoms with Gasteiger partial charge in [0.15, 0.2) is 0 Å². The predicted molar refractivity (Wildman–Crippen MR) is 81.0 cm³/mol. The summed E-state index contributed by atoms with van der Waals surface area (Å²) in [6.07, 6.45) is 1.95. The van der Waals surface area contributed by atoms with E-state index in [1.807, 2.05) is 18.2 Å². The van der Waals surface area contributed by atoms with Crippen molar-refractivity contribution >= 4 is 23.2 Å². The Morgan fingerprint density at radius 2 is 2.19 bits per heavy atom. The molecule has 0 aromatic heterocycles. The Kier molecular flexibility index (Phi) is 3.68. The number of benzene rings is 1. The van der Waals surface area contributed by atoms with Gasteiger partial charge in [0, 0.05) is 31.0 Å². The number of piperazine rings is 1. The zero-order valence-corrected chi connectivity index (χ0v) is 12.0. The summed E-state index contributed by atoms with van der Waals surface area (Å²) in [7, 11) is 0. The van der Waals surface area contributed by atoms with E-state index in [4.69, 9.17) is 5.73 Å². The molecule has 0 spiro atoms. The maximum Gasteiger partial charge on any atom is 0.242 e. The van der Waals surface area contributed by atoms with Gasteiger partial charge in [-0.25, -0.2) is 0 Å². The van der Waals surface area contributed by atoms with Gasteiger partial charge in [0.25, 0.3) is 0 Å². The first-order chi connectivity index (χ1) is 10.1. The van der Waals surface area contributed by atoms with Gasteiger partial charge in [0.1, 0.15) is 0 Å². The molecule has 0 unspecified atom stereocenters. The minimum absolute atomic E-state index is 0.000115. The number of nitrogens with one attached hydrogen (secondary N) is 1. The molecule has 2 aliphatic heterocycles. The number of carbonyl (C=O) groups excluding carboxylic acids is 2. The lowest BCUT2D eigenvalue weighted by molar-refractivity contribution is -0.137. The zero-order valence-electron chi connectivity index (χ0n) is 12.0. The molecule has 0 bridgehead atoms. The number of rotatable bonds is 2. The monoisotopic (exact) mass is 288 g/mol. The van der Waals surface area contributed by atoms with Gasteiger partial charge >= 0.3 is 0 Å². The van der Waals surface area contributed by atoms with Crippen molar-refractivity contribution in [3.8, 4) is 0 Å². The second-order valence-electron chi connectivity index (χ2n) is 5.54. The van der Waals surface area contributed by atoms with E-state index in [1.165, 1.54) is 0 Å². The fraction of sp³-hybridized carbons (Fsp3) is 0.467. The van der Waals surface area contributed by atoms with Gasteiger partial charge in [-0.15, -0.1) is 0 Å². The predicted octanol–water partition coefficient (Wildman–Crippen LogP) is -0.0202. The largest absolute Gasteiger partial charge is 0.398 e. The van der Waals surface area contributed by atoms with Crippen molar-refractivity contribution in [1.82, 2.24) is 10.2 Å². The fourth-order valence-corrected chi connectivity index (χ4v) is 3.01. The van der Waals surface area contributed by atoms with E-state index in [-0.39, 0.29) is 18.4 Å². The Labute approximate surface area is 123 Å². The number of hydrogen-bond donors (Lipinski definition) is 2. The summed E-state index contributed by atoms with van der Waals surface area (Å²) < 4.78 is 0. The van der Waals surface area contributed by atoms with E-state index in [9.17, 15) is 9.59 Å². The average molecular weight is 288 g/mol. The van der Waals surface area contributed by atoms with Gasteiger partial charge in [-0.3, -0.25) is 9.59 Å². The van der Waals surface area contributed by atoms with Crippen molar-refractivity contribution in [2.45, 2.75) is 12.8 Å². The highest BCUT2D eigenvalue weighted by Gasteiger charge is 2.25. The first-order valence-corrected chi connectivity index (χ1v) is 7.32. The second kappa shape index (κ2) is 5.63. The quantitative estimate of drug-likeness (QED) is 0.750. The molecule has 0 atom stereocenters. The van der Waals surface area contributed by atoms with Crippen LogP contribution in [0.3, 0.4) is 0 Å². The van der Waals surface area contributed by atoms with E-state index in [0.717, 1.165) is 36.3 Å². The lowest BCUT2D eigenvalue weighted by atomic mass is 10.00. The molecule has 1 fully saturated rings. The van der Waals surface area contributed by atoms with Crippen LogP contribution in [0.1, 0.15) is 12.0 Å². The van der Waals surface area contributed by atoms with E-state index in [2.05, 4.69) is 10.2 Å². The molecule has 112 valence electrons. The number of hydrogen-bond acceptors (Lipinski definition) is 4. The number of fused-ring (bicyclic) bond motifs is 1. The molecule has 0 aliphatic carbocycles. The van der Waals surface area contributed by atoms with Crippen LogP contribution in [0.2, 0.25) is 0 Å². The normalized spacial score (nSPS) is 18.2. The highest BCUT2D eigenvalue weighted by Crippen LogP contribution is 2.31. The number of amides is 2. The van der Waals surface area contributed by atoms with Crippen molar-refractivity contribution in [3.63, 3.8) is 0 Å². The molecule has 0 radical (unpaired) electrons. The van der Waals surface area contributed by atoms with Crippen molar-refractivity contribution in [2.75, 3.05) is 43.4 Å². The molecule has 2 amide bonds.